The van der Waals surface area contributed by atoms with Crippen LogP contribution < -0.4 is 0 Å². The van der Waals surface area contributed by atoms with Gasteiger partial charge in [-0.2, -0.15) is 0 Å². The van der Waals surface area contributed by atoms with E-state index in [4.69, 9.17) is 0 Å². The van der Waals surface area contributed by atoms with Gasteiger partial charge in [0.05, 0.1) is 12.5 Å². The highest BCUT2D eigenvalue weighted by atomic mass is 16.5. The summed E-state index contributed by atoms with van der Waals surface area (Å²) in [5.74, 6) is -0.274. The summed E-state index contributed by atoms with van der Waals surface area (Å²) in [4.78, 5) is 15.3. The maximum absolute atomic E-state index is 13.0. The second kappa shape index (κ2) is 8.55. The van der Waals surface area contributed by atoms with Gasteiger partial charge in [-0.15, -0.1) is 0 Å². The Morgan fingerprint density at radius 2 is 1.61 bits per heavy atom. The maximum Gasteiger partial charge on any atom is 0.250 e. The van der Waals surface area contributed by atoms with Crippen LogP contribution in [0.15, 0.2) is 72.8 Å². The molecule has 4 rings (SSSR count). The van der Waals surface area contributed by atoms with Gasteiger partial charge in [-0.05, 0) is 47.8 Å². The molecule has 28 heavy (non-hydrogen) atoms. The quantitative estimate of drug-likeness (QED) is 0.512. The first-order valence-electron chi connectivity index (χ1n) is 9.97. The monoisotopic (exact) mass is 374 g/mol. The minimum absolute atomic E-state index is 0.182. The summed E-state index contributed by atoms with van der Waals surface area (Å²) in [5, 5.41) is 14.0. The van der Waals surface area contributed by atoms with E-state index in [9.17, 15) is 10.0 Å². The van der Waals surface area contributed by atoms with Gasteiger partial charge in [0.1, 0.15) is 0 Å². The lowest BCUT2D eigenvalue weighted by molar-refractivity contribution is -0.177. The molecular formula is C24H26N2O2. The lowest BCUT2D eigenvalue weighted by Crippen LogP contribution is -2.39. The Balaban J connectivity index is 1.56. The number of carbonyl (C=O) groups excluding carboxylic acids is 1. The molecule has 1 aliphatic heterocycles. The van der Waals surface area contributed by atoms with E-state index < -0.39 is 0 Å². The van der Waals surface area contributed by atoms with E-state index in [1.54, 1.807) is 0 Å². The second-order valence-electron chi connectivity index (χ2n) is 7.49. The molecule has 1 aliphatic rings. The number of carbonyl (C=O) groups is 1. The lowest BCUT2D eigenvalue weighted by atomic mass is 10.0. The molecule has 144 valence electrons. The largest absolute Gasteiger partial charge is 0.301 e. The van der Waals surface area contributed by atoms with Gasteiger partial charge in [0.15, 0.2) is 0 Å². The highest BCUT2D eigenvalue weighted by molar-refractivity contribution is 5.90. The van der Waals surface area contributed by atoms with Crippen LogP contribution in [0.3, 0.4) is 0 Å². The van der Waals surface area contributed by atoms with E-state index in [0.29, 0.717) is 6.54 Å². The Kier molecular flexibility index (Phi) is 5.70. The molecule has 4 heteroatoms. The molecule has 0 radical (unpaired) electrons. The van der Waals surface area contributed by atoms with Crippen molar-refractivity contribution in [3.05, 3.63) is 83.9 Å². The van der Waals surface area contributed by atoms with Crippen molar-refractivity contribution in [1.82, 2.24) is 9.96 Å². The number of benzene rings is 3. The SMILES string of the molecule is O=C(Cc1cccc2ccccc12)N(O)C(CN1CCCC1)c1ccccc1. The van der Waals surface area contributed by atoms with Crippen molar-refractivity contribution in [2.75, 3.05) is 19.6 Å². The smallest absolute Gasteiger partial charge is 0.250 e. The van der Waals surface area contributed by atoms with Crippen molar-refractivity contribution >= 4 is 16.7 Å². The Bertz CT molecular complexity index is 930. The van der Waals surface area contributed by atoms with Crippen molar-refractivity contribution < 1.29 is 10.0 Å². The lowest BCUT2D eigenvalue weighted by Gasteiger charge is -2.30. The van der Waals surface area contributed by atoms with E-state index in [1.165, 1.54) is 12.8 Å². The van der Waals surface area contributed by atoms with Gasteiger partial charge >= 0.3 is 0 Å². The average Bonchev–Trinajstić information content (AvgIpc) is 3.26. The van der Waals surface area contributed by atoms with Crippen molar-refractivity contribution in [2.45, 2.75) is 25.3 Å². The molecule has 0 saturated carbocycles. The molecule has 4 nitrogen and oxygen atoms in total. The van der Waals surface area contributed by atoms with Crippen LogP contribution >= 0.6 is 0 Å². The number of amides is 1. The molecule has 1 unspecified atom stereocenters. The molecule has 1 N–H and O–H groups in total. The number of fused-ring (bicyclic) bond motifs is 1. The van der Waals surface area contributed by atoms with Gasteiger partial charge in [0.2, 0.25) is 0 Å². The molecule has 1 fully saturated rings. The van der Waals surface area contributed by atoms with Crippen molar-refractivity contribution in [3.63, 3.8) is 0 Å². The molecule has 0 spiro atoms. The number of hydrogen-bond donors (Lipinski definition) is 1. The van der Waals surface area contributed by atoms with Crippen LogP contribution in [0.5, 0.6) is 0 Å². The van der Waals surface area contributed by atoms with Crippen LogP contribution in [-0.2, 0) is 11.2 Å². The molecule has 3 aromatic rings. The summed E-state index contributed by atoms with van der Waals surface area (Å²) in [7, 11) is 0. The maximum atomic E-state index is 13.0. The van der Waals surface area contributed by atoms with Gasteiger partial charge in [-0.25, -0.2) is 5.06 Å². The van der Waals surface area contributed by atoms with E-state index in [2.05, 4.69) is 4.90 Å². The number of hydrogen-bond acceptors (Lipinski definition) is 3. The van der Waals surface area contributed by atoms with E-state index in [0.717, 1.165) is 40.1 Å². The number of nitrogens with zero attached hydrogens (tertiary/aromatic N) is 2. The summed E-state index contributed by atoms with van der Waals surface area (Å²) < 4.78 is 0. The molecule has 1 heterocycles. The normalized spacial score (nSPS) is 15.6. The number of hydroxylamine groups is 2. The zero-order chi connectivity index (χ0) is 19.3. The highest BCUT2D eigenvalue weighted by Crippen LogP contribution is 2.25. The van der Waals surface area contributed by atoms with Crippen LogP contribution in [0.1, 0.15) is 30.0 Å². The van der Waals surface area contributed by atoms with Crippen molar-refractivity contribution in [1.29, 1.82) is 0 Å². The Labute approximate surface area is 166 Å². The topological polar surface area (TPSA) is 43.8 Å². The fourth-order valence-electron chi connectivity index (χ4n) is 4.07. The summed E-state index contributed by atoms with van der Waals surface area (Å²) >= 11 is 0. The summed E-state index contributed by atoms with van der Waals surface area (Å²) in [6, 6.07) is 23.5. The van der Waals surface area contributed by atoms with Gasteiger partial charge in [0, 0.05) is 6.54 Å². The first kappa shape index (κ1) is 18.7. The Hall–Kier alpha value is -2.69. The summed E-state index contributed by atoms with van der Waals surface area (Å²) in [6.45, 7) is 2.70. The fourth-order valence-corrected chi connectivity index (χ4v) is 4.07. The van der Waals surface area contributed by atoms with Crippen LogP contribution in [0.25, 0.3) is 10.8 Å². The van der Waals surface area contributed by atoms with Crippen LogP contribution in [0, 0.1) is 0 Å². The standard InChI is InChI=1S/C24H26N2O2/c27-24(17-21-13-8-12-19-9-4-5-14-22(19)21)26(28)23(18-25-15-6-7-16-25)20-10-2-1-3-11-20/h1-5,8-14,23,28H,6-7,15-18H2. The van der Waals surface area contributed by atoms with E-state index in [-0.39, 0.29) is 18.4 Å². The zero-order valence-electron chi connectivity index (χ0n) is 16.0. The van der Waals surface area contributed by atoms with Crippen LogP contribution in [0.2, 0.25) is 0 Å². The van der Waals surface area contributed by atoms with Gasteiger partial charge < -0.3 is 4.90 Å². The molecule has 1 amide bonds. The Morgan fingerprint density at radius 3 is 2.39 bits per heavy atom. The highest BCUT2D eigenvalue weighted by Gasteiger charge is 2.27. The predicted molar refractivity (Wildman–Crippen MR) is 111 cm³/mol. The molecule has 1 atom stereocenters. The average molecular weight is 374 g/mol. The first-order valence-corrected chi connectivity index (χ1v) is 9.97. The van der Waals surface area contributed by atoms with Gasteiger partial charge in [-0.1, -0.05) is 72.8 Å². The summed E-state index contributed by atoms with van der Waals surface area (Å²) in [5.41, 5.74) is 1.90. The molecular weight excluding hydrogens is 348 g/mol. The molecule has 0 aliphatic carbocycles. The van der Waals surface area contributed by atoms with Gasteiger partial charge in [0.25, 0.3) is 5.91 Å². The molecule has 0 bridgehead atoms. The third kappa shape index (κ3) is 4.08. The summed E-state index contributed by atoms with van der Waals surface area (Å²) in [6.07, 6.45) is 2.54. The van der Waals surface area contributed by atoms with Gasteiger partial charge in [-0.3, -0.25) is 10.0 Å². The minimum Gasteiger partial charge on any atom is -0.301 e. The van der Waals surface area contributed by atoms with E-state index in [1.807, 2.05) is 72.8 Å². The van der Waals surface area contributed by atoms with E-state index >= 15 is 0 Å². The van der Waals surface area contributed by atoms with Crippen molar-refractivity contribution in [3.8, 4) is 0 Å². The van der Waals surface area contributed by atoms with Crippen molar-refractivity contribution in [2.24, 2.45) is 0 Å². The predicted octanol–water partition coefficient (Wildman–Crippen LogP) is 4.44. The minimum atomic E-state index is -0.359. The number of likely N-dealkylation sites (tertiary alicyclic amines) is 1. The third-order valence-corrected chi connectivity index (χ3v) is 5.59. The Morgan fingerprint density at radius 1 is 0.929 bits per heavy atom. The number of rotatable bonds is 6. The molecule has 0 aromatic heterocycles. The third-order valence-electron chi connectivity index (χ3n) is 5.59. The molecule has 3 aromatic carbocycles. The molecule has 1 saturated heterocycles. The van der Waals surface area contributed by atoms with Crippen LogP contribution in [-0.4, -0.2) is 40.7 Å². The zero-order valence-corrected chi connectivity index (χ0v) is 16.0. The first-order chi connectivity index (χ1) is 13.7. The fraction of sp³-hybridized carbons (Fsp3) is 0.292. The second-order valence-corrected chi connectivity index (χ2v) is 7.49. The van der Waals surface area contributed by atoms with Crippen LogP contribution in [0.4, 0.5) is 0 Å².